The molecule has 1 saturated heterocycles. The number of hydrogen-bond acceptors (Lipinski definition) is 5. The molecule has 1 amide bonds. The molecule has 0 aliphatic carbocycles. The van der Waals surface area contributed by atoms with Gasteiger partial charge in [-0.05, 0) is 6.07 Å². The zero-order chi connectivity index (χ0) is 12.4. The van der Waals surface area contributed by atoms with E-state index in [0.717, 1.165) is 4.90 Å². The largest absolute Gasteiger partial charge is 0.466 e. The van der Waals surface area contributed by atoms with Crippen LogP contribution in [0, 0.1) is 10.1 Å². The van der Waals surface area contributed by atoms with E-state index in [9.17, 15) is 14.9 Å². The van der Waals surface area contributed by atoms with Crippen LogP contribution in [0.3, 0.4) is 0 Å². The minimum absolute atomic E-state index is 0.0764. The van der Waals surface area contributed by atoms with Gasteiger partial charge in [-0.1, -0.05) is 0 Å². The second-order valence-electron chi connectivity index (χ2n) is 3.51. The number of nitro groups is 1. The number of carboxylic acid groups (broad SMARTS) is 1. The van der Waals surface area contributed by atoms with Gasteiger partial charge in [-0.15, -0.1) is 0 Å². The highest BCUT2D eigenvalue weighted by Gasteiger charge is 2.33. The topological polar surface area (TPSA) is 106 Å². The lowest BCUT2D eigenvalue weighted by atomic mass is 10.2. The number of aromatic nitrogens is 1. The molecule has 1 aromatic heterocycles. The summed E-state index contributed by atoms with van der Waals surface area (Å²) in [5.74, 6) is -0.0764. The summed E-state index contributed by atoms with van der Waals surface area (Å²) in [5.41, 5.74) is -0.221. The molecule has 1 fully saturated rings. The fourth-order valence-corrected chi connectivity index (χ4v) is 1.44. The molecule has 2 rings (SSSR count). The second-order valence-corrected chi connectivity index (χ2v) is 3.51. The molecule has 1 aliphatic heterocycles. The zero-order valence-electron chi connectivity index (χ0n) is 8.65. The average Bonchev–Trinajstić information content (AvgIpc) is 2.22. The van der Waals surface area contributed by atoms with E-state index in [0.29, 0.717) is 0 Å². The highest BCUT2D eigenvalue weighted by molar-refractivity contribution is 5.66. The van der Waals surface area contributed by atoms with Crippen LogP contribution >= 0.6 is 0 Å². The molecule has 0 bridgehead atoms. The van der Waals surface area contributed by atoms with Crippen molar-refractivity contribution in [3.05, 3.63) is 28.4 Å². The van der Waals surface area contributed by atoms with Gasteiger partial charge in [0.25, 0.3) is 5.88 Å². The summed E-state index contributed by atoms with van der Waals surface area (Å²) in [6, 6.07) is 2.73. The Labute approximate surface area is 95.6 Å². The molecule has 8 nitrogen and oxygen atoms in total. The number of nitrogens with zero attached hydrogens (tertiary/aromatic N) is 3. The van der Waals surface area contributed by atoms with Crippen LogP contribution in [-0.4, -0.2) is 45.2 Å². The van der Waals surface area contributed by atoms with Crippen molar-refractivity contribution in [2.45, 2.75) is 6.10 Å². The molecule has 17 heavy (non-hydrogen) atoms. The molecule has 0 radical (unpaired) electrons. The fraction of sp³-hybridized carbons (Fsp3) is 0.333. The van der Waals surface area contributed by atoms with Crippen molar-refractivity contribution in [3.63, 3.8) is 0 Å². The molecule has 2 heterocycles. The fourth-order valence-electron chi connectivity index (χ4n) is 1.44. The number of amides is 1. The van der Waals surface area contributed by atoms with E-state index in [4.69, 9.17) is 9.84 Å². The Kier molecular flexibility index (Phi) is 2.77. The van der Waals surface area contributed by atoms with Crippen LogP contribution in [0.2, 0.25) is 0 Å². The Bertz CT molecular complexity index is 458. The van der Waals surface area contributed by atoms with Gasteiger partial charge in [-0.25, -0.2) is 9.78 Å². The Morgan fingerprint density at radius 2 is 2.35 bits per heavy atom. The Morgan fingerprint density at radius 3 is 2.94 bits per heavy atom. The van der Waals surface area contributed by atoms with Crippen molar-refractivity contribution in [1.82, 2.24) is 9.88 Å². The van der Waals surface area contributed by atoms with Crippen molar-refractivity contribution in [2.75, 3.05) is 13.1 Å². The third-order valence-corrected chi connectivity index (χ3v) is 2.34. The quantitative estimate of drug-likeness (QED) is 0.615. The summed E-state index contributed by atoms with van der Waals surface area (Å²) in [4.78, 5) is 25.5. The first kappa shape index (κ1) is 11.1. The van der Waals surface area contributed by atoms with E-state index in [2.05, 4.69) is 4.98 Å². The number of ether oxygens (including phenoxy) is 1. The maximum absolute atomic E-state index is 10.7. The number of carbonyl (C=O) groups is 1. The number of rotatable bonds is 3. The lowest BCUT2D eigenvalue weighted by Crippen LogP contribution is -2.55. The van der Waals surface area contributed by atoms with Crippen molar-refractivity contribution in [1.29, 1.82) is 0 Å². The van der Waals surface area contributed by atoms with Crippen LogP contribution in [0.5, 0.6) is 5.88 Å². The summed E-state index contributed by atoms with van der Waals surface area (Å²) < 4.78 is 5.27. The monoisotopic (exact) mass is 239 g/mol. The molecule has 0 aromatic carbocycles. The summed E-state index contributed by atoms with van der Waals surface area (Å²) in [6.45, 7) is 0.395. The van der Waals surface area contributed by atoms with Gasteiger partial charge in [0, 0.05) is 12.3 Å². The van der Waals surface area contributed by atoms with E-state index in [1.54, 1.807) is 0 Å². The molecule has 0 atom stereocenters. The summed E-state index contributed by atoms with van der Waals surface area (Å²) in [7, 11) is 0. The standard InChI is InChI=1S/C9H9N3O5/c13-9(14)11-4-6(5-11)17-8-7(12(15)16)2-1-3-10-8/h1-3,6H,4-5H2,(H,13,14). The summed E-state index contributed by atoms with van der Waals surface area (Å²) in [6.07, 6.45) is -0.0178. The van der Waals surface area contributed by atoms with E-state index in [-0.39, 0.29) is 30.8 Å². The third kappa shape index (κ3) is 2.25. The Hall–Kier alpha value is -2.38. The van der Waals surface area contributed by atoms with E-state index < -0.39 is 11.0 Å². The lowest BCUT2D eigenvalue weighted by molar-refractivity contribution is -0.386. The van der Waals surface area contributed by atoms with Crippen LogP contribution in [-0.2, 0) is 0 Å². The molecule has 8 heteroatoms. The highest BCUT2D eigenvalue weighted by atomic mass is 16.6. The lowest BCUT2D eigenvalue weighted by Gasteiger charge is -2.36. The van der Waals surface area contributed by atoms with Gasteiger partial charge < -0.3 is 14.7 Å². The van der Waals surface area contributed by atoms with E-state index >= 15 is 0 Å². The molecule has 90 valence electrons. The number of likely N-dealkylation sites (tertiary alicyclic amines) is 1. The summed E-state index contributed by atoms with van der Waals surface area (Å²) >= 11 is 0. The molecule has 1 aromatic rings. The summed E-state index contributed by atoms with van der Waals surface area (Å²) in [5, 5.41) is 19.3. The van der Waals surface area contributed by atoms with Gasteiger partial charge in [0.1, 0.15) is 6.10 Å². The van der Waals surface area contributed by atoms with Gasteiger partial charge >= 0.3 is 11.8 Å². The first-order chi connectivity index (χ1) is 8.08. The number of hydrogen-bond donors (Lipinski definition) is 1. The Morgan fingerprint density at radius 1 is 1.65 bits per heavy atom. The van der Waals surface area contributed by atoms with Gasteiger partial charge in [-0.3, -0.25) is 10.1 Å². The minimum Gasteiger partial charge on any atom is -0.466 e. The maximum atomic E-state index is 10.7. The minimum atomic E-state index is -1.03. The van der Waals surface area contributed by atoms with E-state index in [1.807, 2.05) is 0 Å². The van der Waals surface area contributed by atoms with Crippen molar-refractivity contribution < 1.29 is 19.6 Å². The SMILES string of the molecule is O=C(O)N1CC(Oc2ncccc2[N+](=O)[O-])C1. The maximum Gasteiger partial charge on any atom is 0.407 e. The molecule has 0 unspecified atom stereocenters. The van der Waals surface area contributed by atoms with Gasteiger partial charge in [0.05, 0.1) is 18.0 Å². The van der Waals surface area contributed by atoms with Crippen LogP contribution in [0.1, 0.15) is 0 Å². The normalized spacial score (nSPS) is 15.2. The zero-order valence-corrected chi connectivity index (χ0v) is 8.65. The van der Waals surface area contributed by atoms with Crippen LogP contribution in [0.25, 0.3) is 0 Å². The first-order valence-corrected chi connectivity index (χ1v) is 4.82. The van der Waals surface area contributed by atoms with Gasteiger partial charge in [0.15, 0.2) is 0 Å². The predicted octanol–water partition coefficient (Wildman–Crippen LogP) is 0.731. The molecular weight excluding hydrogens is 230 g/mol. The molecule has 0 saturated carbocycles. The van der Waals surface area contributed by atoms with Crippen molar-refractivity contribution in [2.24, 2.45) is 0 Å². The highest BCUT2D eigenvalue weighted by Crippen LogP contribution is 2.25. The van der Waals surface area contributed by atoms with Gasteiger partial charge in [0.2, 0.25) is 0 Å². The molecule has 0 spiro atoms. The van der Waals surface area contributed by atoms with Gasteiger partial charge in [-0.2, -0.15) is 0 Å². The first-order valence-electron chi connectivity index (χ1n) is 4.82. The third-order valence-electron chi connectivity index (χ3n) is 2.34. The second kappa shape index (κ2) is 4.24. The molecule has 1 aliphatic rings. The van der Waals surface area contributed by atoms with Crippen molar-refractivity contribution >= 4 is 11.8 Å². The van der Waals surface area contributed by atoms with Crippen LogP contribution in [0.4, 0.5) is 10.5 Å². The number of pyridine rings is 1. The van der Waals surface area contributed by atoms with E-state index in [1.165, 1.54) is 18.3 Å². The Balaban J connectivity index is 2.01. The predicted molar refractivity (Wildman–Crippen MR) is 54.9 cm³/mol. The molecular formula is C9H9N3O5. The van der Waals surface area contributed by atoms with Crippen LogP contribution < -0.4 is 4.74 Å². The van der Waals surface area contributed by atoms with Crippen LogP contribution in [0.15, 0.2) is 18.3 Å². The van der Waals surface area contributed by atoms with Crippen molar-refractivity contribution in [3.8, 4) is 5.88 Å². The molecule has 1 N–H and O–H groups in total. The average molecular weight is 239 g/mol. The smallest absolute Gasteiger partial charge is 0.407 e.